The van der Waals surface area contributed by atoms with Crippen molar-refractivity contribution in [3.63, 3.8) is 0 Å². The number of nitrogens with one attached hydrogen (secondary N) is 3. The van der Waals surface area contributed by atoms with Crippen LogP contribution in [0.2, 0.25) is 10.0 Å². The third-order valence-electron chi connectivity index (χ3n) is 7.42. The van der Waals surface area contributed by atoms with Crippen LogP contribution in [0.3, 0.4) is 0 Å². The summed E-state index contributed by atoms with van der Waals surface area (Å²) in [6.45, 7) is 4.22. The molecule has 1 unspecified atom stereocenters. The van der Waals surface area contributed by atoms with E-state index in [1.54, 1.807) is 72.5 Å². The van der Waals surface area contributed by atoms with Gasteiger partial charge in [-0.2, -0.15) is 5.26 Å². The van der Waals surface area contributed by atoms with Crippen molar-refractivity contribution < 1.29 is 19.2 Å². The number of thiophene rings is 1. The van der Waals surface area contributed by atoms with E-state index < -0.39 is 17.1 Å². The maximum absolute atomic E-state index is 13.5. The van der Waals surface area contributed by atoms with Gasteiger partial charge in [0, 0.05) is 44.5 Å². The predicted molar refractivity (Wildman–Crippen MR) is 191 cm³/mol. The van der Waals surface area contributed by atoms with Crippen LogP contribution < -0.4 is 16.0 Å². The van der Waals surface area contributed by atoms with Crippen molar-refractivity contribution in [3.8, 4) is 6.07 Å². The smallest absolute Gasteiger partial charge is 0.272 e. The molecule has 0 spiro atoms. The molecular formula is C35H29Cl2N5O4S2. The lowest BCUT2D eigenvalue weighted by Crippen LogP contribution is -2.33. The molecular weight excluding hydrogens is 689 g/mol. The standard InChI is InChI=1S/C35H29Cl2N5O4S2/c1-20(32(44)41-35-28(18-38)27-13-14-42(21(2)43)19-31(27)48-35)47-26-10-6-9-25(17-26)39-34(46)30(15-23-11-12-24(36)16-29(23)37)40-33(45)22-7-4-3-5-8-22/h3-12,15-17,20H,13-14,19H2,1-2H3,(H,39,46)(H,40,45)(H,41,44)/b30-15+. The van der Waals surface area contributed by atoms with E-state index in [2.05, 4.69) is 22.0 Å². The molecule has 1 aliphatic rings. The number of carbonyl (C=O) groups is 4. The van der Waals surface area contributed by atoms with Crippen LogP contribution in [0.25, 0.3) is 6.08 Å². The van der Waals surface area contributed by atoms with Crippen molar-refractivity contribution >= 4 is 86.7 Å². The number of nitriles is 1. The molecule has 13 heteroatoms. The average molecular weight is 719 g/mol. The number of thioether (sulfide) groups is 1. The van der Waals surface area contributed by atoms with Crippen LogP contribution in [-0.4, -0.2) is 40.3 Å². The minimum atomic E-state index is -0.590. The van der Waals surface area contributed by atoms with Gasteiger partial charge in [0.1, 0.15) is 16.8 Å². The van der Waals surface area contributed by atoms with Crippen LogP contribution in [0.1, 0.15) is 45.8 Å². The van der Waals surface area contributed by atoms with Crippen molar-refractivity contribution in [1.29, 1.82) is 5.26 Å². The minimum absolute atomic E-state index is 0.0308. The highest BCUT2D eigenvalue weighted by Gasteiger charge is 2.27. The summed E-state index contributed by atoms with van der Waals surface area (Å²) < 4.78 is 0. The van der Waals surface area contributed by atoms with Crippen LogP contribution in [0, 0.1) is 11.3 Å². The van der Waals surface area contributed by atoms with Crippen molar-refractivity contribution in [2.75, 3.05) is 17.2 Å². The summed E-state index contributed by atoms with van der Waals surface area (Å²) in [4.78, 5) is 54.9. The average Bonchev–Trinajstić information content (AvgIpc) is 3.42. The lowest BCUT2D eigenvalue weighted by Gasteiger charge is -2.25. The van der Waals surface area contributed by atoms with Gasteiger partial charge in [-0.25, -0.2) is 0 Å². The SMILES string of the molecule is CC(=O)N1CCc2c(sc(NC(=O)C(C)Sc3cccc(NC(=O)/C(=C\c4ccc(Cl)cc4Cl)NC(=O)c4ccccc4)c3)c2C#N)C1. The van der Waals surface area contributed by atoms with Crippen LogP contribution in [0.15, 0.2) is 83.4 Å². The van der Waals surface area contributed by atoms with Crippen LogP contribution in [-0.2, 0) is 27.3 Å². The fourth-order valence-corrected chi connectivity index (χ4v) is 7.52. The molecule has 0 saturated heterocycles. The fourth-order valence-electron chi connectivity index (χ4n) is 4.91. The summed E-state index contributed by atoms with van der Waals surface area (Å²) in [5.41, 5.74) is 2.56. The quantitative estimate of drug-likeness (QED) is 0.123. The van der Waals surface area contributed by atoms with Gasteiger partial charge in [-0.15, -0.1) is 23.1 Å². The molecule has 0 aliphatic carbocycles. The molecule has 1 aliphatic heterocycles. The zero-order chi connectivity index (χ0) is 34.4. The highest BCUT2D eigenvalue weighted by atomic mass is 35.5. The molecule has 48 heavy (non-hydrogen) atoms. The first-order chi connectivity index (χ1) is 23.0. The monoisotopic (exact) mass is 717 g/mol. The van der Waals surface area contributed by atoms with Gasteiger partial charge in [-0.3, -0.25) is 19.2 Å². The van der Waals surface area contributed by atoms with Gasteiger partial charge in [0.2, 0.25) is 11.8 Å². The Morgan fingerprint density at radius 2 is 1.79 bits per heavy atom. The number of hydrogen-bond acceptors (Lipinski definition) is 7. The molecule has 9 nitrogen and oxygen atoms in total. The topological polar surface area (TPSA) is 131 Å². The molecule has 4 amide bonds. The molecule has 5 rings (SSSR count). The second-order valence-electron chi connectivity index (χ2n) is 10.8. The lowest BCUT2D eigenvalue weighted by molar-refractivity contribution is -0.129. The molecule has 2 heterocycles. The van der Waals surface area contributed by atoms with E-state index in [1.807, 2.05) is 6.07 Å². The fraction of sp³-hybridized carbons (Fsp3) is 0.171. The summed E-state index contributed by atoms with van der Waals surface area (Å²) in [5, 5.41) is 18.9. The van der Waals surface area contributed by atoms with Crippen molar-refractivity contribution in [2.45, 2.75) is 37.0 Å². The van der Waals surface area contributed by atoms with E-state index in [1.165, 1.54) is 42.2 Å². The molecule has 244 valence electrons. The third-order valence-corrected chi connectivity index (χ3v) is 10.2. The van der Waals surface area contributed by atoms with Gasteiger partial charge in [0.15, 0.2) is 0 Å². The zero-order valence-electron chi connectivity index (χ0n) is 25.8. The first-order valence-electron chi connectivity index (χ1n) is 14.7. The largest absolute Gasteiger partial charge is 0.337 e. The Morgan fingerprint density at radius 3 is 2.50 bits per heavy atom. The first kappa shape index (κ1) is 34.7. The number of nitrogens with zero attached hydrogens (tertiary/aromatic N) is 2. The molecule has 3 N–H and O–H groups in total. The molecule has 0 radical (unpaired) electrons. The molecule has 0 saturated carbocycles. The normalized spacial score (nSPS) is 13.1. The Morgan fingerprint density at radius 1 is 1.02 bits per heavy atom. The van der Waals surface area contributed by atoms with Gasteiger partial charge in [-0.05, 0) is 73.0 Å². The highest BCUT2D eigenvalue weighted by molar-refractivity contribution is 8.00. The second-order valence-corrected chi connectivity index (χ2v) is 14.1. The number of halogens is 2. The van der Waals surface area contributed by atoms with Crippen molar-refractivity contribution in [1.82, 2.24) is 10.2 Å². The summed E-state index contributed by atoms with van der Waals surface area (Å²) in [5.74, 6) is -1.39. The summed E-state index contributed by atoms with van der Waals surface area (Å²) in [7, 11) is 0. The highest BCUT2D eigenvalue weighted by Crippen LogP contribution is 2.37. The number of carbonyl (C=O) groups excluding carboxylic acids is 4. The molecule has 0 fully saturated rings. The Kier molecular flexibility index (Phi) is 11.2. The van der Waals surface area contributed by atoms with Crippen LogP contribution in [0.5, 0.6) is 0 Å². The Hall–Kier alpha value is -4.60. The first-order valence-corrected chi connectivity index (χ1v) is 17.2. The number of benzene rings is 3. The number of hydrogen-bond donors (Lipinski definition) is 3. The molecule has 1 atom stereocenters. The zero-order valence-corrected chi connectivity index (χ0v) is 28.9. The maximum atomic E-state index is 13.5. The summed E-state index contributed by atoms with van der Waals surface area (Å²) >= 11 is 15.0. The van der Waals surface area contributed by atoms with E-state index in [0.717, 1.165) is 10.4 Å². The van der Waals surface area contributed by atoms with Gasteiger partial charge >= 0.3 is 0 Å². The van der Waals surface area contributed by atoms with Crippen LogP contribution in [0.4, 0.5) is 10.7 Å². The molecule has 3 aromatic carbocycles. The van der Waals surface area contributed by atoms with Gasteiger partial charge in [-0.1, -0.05) is 53.5 Å². The third kappa shape index (κ3) is 8.45. The summed E-state index contributed by atoms with van der Waals surface area (Å²) in [6.07, 6.45) is 2.03. The molecule has 4 aromatic rings. The lowest BCUT2D eigenvalue weighted by atomic mass is 10.0. The number of rotatable bonds is 9. The summed E-state index contributed by atoms with van der Waals surface area (Å²) in [6, 6.07) is 22.5. The van der Waals surface area contributed by atoms with E-state index in [4.69, 9.17) is 23.2 Å². The number of amides is 4. The Labute approximate surface area is 295 Å². The van der Waals surface area contributed by atoms with E-state index >= 15 is 0 Å². The molecule has 0 bridgehead atoms. The second kappa shape index (κ2) is 15.5. The van der Waals surface area contributed by atoms with E-state index in [9.17, 15) is 24.4 Å². The van der Waals surface area contributed by atoms with Crippen molar-refractivity contribution in [3.05, 3.63) is 116 Å². The van der Waals surface area contributed by atoms with Crippen LogP contribution >= 0.6 is 46.3 Å². The number of fused-ring (bicyclic) bond motifs is 1. The minimum Gasteiger partial charge on any atom is -0.337 e. The maximum Gasteiger partial charge on any atom is 0.272 e. The number of anilines is 2. The van der Waals surface area contributed by atoms with Gasteiger partial charge in [0.25, 0.3) is 11.8 Å². The Balaban J connectivity index is 1.29. The predicted octanol–water partition coefficient (Wildman–Crippen LogP) is 7.36. The van der Waals surface area contributed by atoms with Gasteiger partial charge < -0.3 is 20.9 Å². The molecule has 1 aromatic heterocycles. The van der Waals surface area contributed by atoms with Gasteiger partial charge in [0.05, 0.1) is 17.4 Å². The van der Waals surface area contributed by atoms with E-state index in [0.29, 0.717) is 61.8 Å². The Bertz CT molecular complexity index is 1970. The van der Waals surface area contributed by atoms with E-state index in [-0.39, 0.29) is 17.5 Å². The van der Waals surface area contributed by atoms with Crippen molar-refractivity contribution in [2.24, 2.45) is 0 Å².